The summed E-state index contributed by atoms with van der Waals surface area (Å²) in [4.78, 5) is 25.1. The molecule has 1 aliphatic heterocycles. The van der Waals surface area contributed by atoms with Crippen LogP contribution in [-0.4, -0.2) is 42.1 Å². The molecule has 0 saturated carbocycles. The molecule has 2 rings (SSSR count). The molecule has 21 heavy (non-hydrogen) atoms. The number of nitrogens with zero attached hydrogens (tertiary/aromatic N) is 1. The lowest BCUT2D eigenvalue weighted by Gasteiger charge is -2.20. The molecular formula is C15H18ClNO4. The lowest BCUT2D eigenvalue weighted by molar-refractivity contribution is -0.147. The second-order valence-corrected chi connectivity index (χ2v) is 5.97. The second kappa shape index (κ2) is 5.93. The fourth-order valence-corrected chi connectivity index (χ4v) is 2.66. The first-order chi connectivity index (χ1) is 9.85. The molecule has 0 aromatic heterocycles. The van der Waals surface area contributed by atoms with Gasteiger partial charge in [-0.25, -0.2) is 0 Å². The third-order valence-electron chi connectivity index (χ3n) is 3.94. The van der Waals surface area contributed by atoms with E-state index in [1.54, 1.807) is 37.1 Å². The van der Waals surface area contributed by atoms with E-state index < -0.39 is 11.4 Å². The monoisotopic (exact) mass is 311 g/mol. The molecule has 1 heterocycles. The number of ether oxygens (including phenoxy) is 1. The Morgan fingerprint density at radius 2 is 2.19 bits per heavy atom. The quantitative estimate of drug-likeness (QED) is 0.926. The summed E-state index contributed by atoms with van der Waals surface area (Å²) in [6.45, 7) is 2.38. The van der Waals surface area contributed by atoms with E-state index in [4.69, 9.17) is 16.3 Å². The highest BCUT2D eigenvalue weighted by molar-refractivity contribution is 6.31. The summed E-state index contributed by atoms with van der Waals surface area (Å²) in [7, 11) is 1.55. The number of halogens is 1. The standard InChI is InChI=1S/C15H18ClNO4/c1-15(14(19)20)5-6-17(9-15)13(18)7-10-3-4-11(21-2)8-12(10)16/h3-4,8H,5-7,9H2,1-2H3,(H,19,20)/t15-/m1/s1. The summed E-state index contributed by atoms with van der Waals surface area (Å²) >= 11 is 6.12. The van der Waals surface area contributed by atoms with Crippen molar-refractivity contribution in [1.82, 2.24) is 4.90 Å². The smallest absolute Gasteiger partial charge is 0.311 e. The molecule has 1 amide bonds. The number of hydrogen-bond acceptors (Lipinski definition) is 3. The second-order valence-electron chi connectivity index (χ2n) is 5.57. The van der Waals surface area contributed by atoms with Crippen molar-refractivity contribution in [2.24, 2.45) is 5.41 Å². The topological polar surface area (TPSA) is 66.8 Å². The maximum Gasteiger partial charge on any atom is 0.311 e. The SMILES string of the molecule is COc1ccc(CC(=O)N2CC[C@@](C)(C(=O)O)C2)c(Cl)c1. The Morgan fingerprint density at radius 3 is 2.71 bits per heavy atom. The molecule has 0 aliphatic carbocycles. The van der Waals surface area contributed by atoms with Gasteiger partial charge in [-0.3, -0.25) is 9.59 Å². The fraction of sp³-hybridized carbons (Fsp3) is 0.467. The van der Waals surface area contributed by atoms with Gasteiger partial charge in [0.1, 0.15) is 5.75 Å². The number of rotatable bonds is 4. The van der Waals surface area contributed by atoms with Crippen LogP contribution in [0.2, 0.25) is 5.02 Å². The van der Waals surface area contributed by atoms with Gasteiger partial charge >= 0.3 is 5.97 Å². The van der Waals surface area contributed by atoms with E-state index in [-0.39, 0.29) is 18.9 Å². The zero-order valence-electron chi connectivity index (χ0n) is 12.1. The number of carboxylic acids is 1. The number of amides is 1. The Kier molecular flexibility index (Phi) is 4.42. The van der Waals surface area contributed by atoms with Gasteiger partial charge in [-0.15, -0.1) is 0 Å². The van der Waals surface area contributed by atoms with Crippen molar-refractivity contribution < 1.29 is 19.4 Å². The minimum atomic E-state index is -0.861. The van der Waals surface area contributed by atoms with Crippen LogP contribution in [-0.2, 0) is 16.0 Å². The van der Waals surface area contributed by atoms with Gasteiger partial charge in [0.25, 0.3) is 0 Å². The molecule has 6 heteroatoms. The molecule has 0 radical (unpaired) electrons. The number of methoxy groups -OCH3 is 1. The van der Waals surface area contributed by atoms with Gasteiger partial charge in [-0.1, -0.05) is 17.7 Å². The number of hydrogen-bond donors (Lipinski definition) is 1. The lowest BCUT2D eigenvalue weighted by atomic mass is 9.90. The average Bonchev–Trinajstić information content (AvgIpc) is 2.85. The molecule has 0 bridgehead atoms. The number of carbonyl (C=O) groups excluding carboxylic acids is 1. The first kappa shape index (κ1) is 15.6. The molecule has 0 spiro atoms. The predicted octanol–water partition coefficient (Wildman–Crippen LogP) is 2.21. The first-order valence-electron chi connectivity index (χ1n) is 6.69. The first-order valence-corrected chi connectivity index (χ1v) is 7.07. The molecule has 5 nitrogen and oxygen atoms in total. The number of likely N-dealkylation sites (tertiary alicyclic amines) is 1. The molecule has 1 aromatic carbocycles. The highest BCUT2D eigenvalue weighted by atomic mass is 35.5. The van der Waals surface area contributed by atoms with Gasteiger partial charge in [0.15, 0.2) is 0 Å². The van der Waals surface area contributed by atoms with Gasteiger partial charge in [0.05, 0.1) is 18.9 Å². The highest BCUT2D eigenvalue weighted by Gasteiger charge is 2.41. The Labute approximate surface area is 128 Å². The van der Waals surface area contributed by atoms with Crippen LogP contribution in [0.1, 0.15) is 18.9 Å². The molecule has 114 valence electrons. The summed E-state index contributed by atoms with van der Waals surface area (Å²) in [5.74, 6) is -0.330. The van der Waals surface area contributed by atoms with Crippen LogP contribution in [0.4, 0.5) is 0 Å². The molecule has 1 N–H and O–H groups in total. The minimum Gasteiger partial charge on any atom is -0.497 e. The van der Waals surface area contributed by atoms with Crippen LogP contribution < -0.4 is 4.74 Å². The summed E-state index contributed by atoms with van der Waals surface area (Å²) in [5, 5.41) is 9.67. The third-order valence-corrected chi connectivity index (χ3v) is 4.30. The predicted molar refractivity (Wildman–Crippen MR) is 78.6 cm³/mol. The van der Waals surface area contributed by atoms with Crippen LogP contribution in [0.15, 0.2) is 18.2 Å². The van der Waals surface area contributed by atoms with Crippen LogP contribution in [0.5, 0.6) is 5.75 Å². The van der Waals surface area contributed by atoms with Crippen molar-refractivity contribution in [3.05, 3.63) is 28.8 Å². The molecule has 0 unspecified atom stereocenters. The number of carboxylic acid groups (broad SMARTS) is 1. The van der Waals surface area contributed by atoms with Crippen molar-refractivity contribution in [1.29, 1.82) is 0 Å². The van der Waals surface area contributed by atoms with E-state index in [0.717, 1.165) is 0 Å². The van der Waals surface area contributed by atoms with E-state index >= 15 is 0 Å². The van der Waals surface area contributed by atoms with E-state index in [0.29, 0.717) is 29.3 Å². The molecule has 1 fully saturated rings. The summed E-state index contributed by atoms with van der Waals surface area (Å²) in [5.41, 5.74) is -0.134. The van der Waals surface area contributed by atoms with E-state index in [1.807, 2.05) is 0 Å². The summed E-state index contributed by atoms with van der Waals surface area (Å²) in [6.07, 6.45) is 0.642. The zero-order valence-corrected chi connectivity index (χ0v) is 12.8. The Bertz CT molecular complexity index is 575. The van der Waals surface area contributed by atoms with Crippen molar-refractivity contribution in [2.75, 3.05) is 20.2 Å². The van der Waals surface area contributed by atoms with E-state index in [1.165, 1.54) is 0 Å². The van der Waals surface area contributed by atoms with Crippen molar-refractivity contribution in [3.63, 3.8) is 0 Å². The van der Waals surface area contributed by atoms with Gasteiger partial charge in [0, 0.05) is 18.1 Å². The van der Waals surface area contributed by atoms with Gasteiger partial charge in [0.2, 0.25) is 5.91 Å². The molecule has 1 aromatic rings. The molecule has 1 aliphatic rings. The minimum absolute atomic E-state index is 0.105. The van der Waals surface area contributed by atoms with E-state index in [2.05, 4.69) is 0 Å². The third kappa shape index (κ3) is 3.29. The van der Waals surface area contributed by atoms with E-state index in [9.17, 15) is 14.7 Å². The number of benzene rings is 1. The Morgan fingerprint density at radius 1 is 1.48 bits per heavy atom. The van der Waals surface area contributed by atoms with Crippen molar-refractivity contribution in [3.8, 4) is 5.75 Å². The molecule has 1 atom stereocenters. The highest BCUT2D eigenvalue weighted by Crippen LogP contribution is 2.31. The lowest BCUT2D eigenvalue weighted by Crippen LogP contribution is -2.35. The van der Waals surface area contributed by atoms with Gasteiger partial charge in [-0.2, -0.15) is 0 Å². The largest absolute Gasteiger partial charge is 0.497 e. The van der Waals surface area contributed by atoms with Gasteiger partial charge < -0.3 is 14.7 Å². The summed E-state index contributed by atoms with van der Waals surface area (Å²) < 4.78 is 5.06. The van der Waals surface area contributed by atoms with Crippen molar-refractivity contribution in [2.45, 2.75) is 19.8 Å². The summed E-state index contributed by atoms with van der Waals surface area (Å²) in [6, 6.07) is 5.17. The van der Waals surface area contributed by atoms with Crippen molar-refractivity contribution >= 4 is 23.5 Å². The van der Waals surface area contributed by atoms with Crippen LogP contribution >= 0.6 is 11.6 Å². The zero-order chi connectivity index (χ0) is 15.6. The van der Waals surface area contributed by atoms with Crippen LogP contribution in [0.3, 0.4) is 0 Å². The maximum atomic E-state index is 12.3. The fourth-order valence-electron chi connectivity index (χ4n) is 2.42. The normalized spacial score (nSPS) is 21.4. The van der Waals surface area contributed by atoms with Crippen LogP contribution in [0.25, 0.3) is 0 Å². The van der Waals surface area contributed by atoms with Crippen LogP contribution in [0, 0.1) is 5.41 Å². The Balaban J connectivity index is 2.04. The number of aliphatic carboxylic acids is 1. The van der Waals surface area contributed by atoms with Gasteiger partial charge in [-0.05, 0) is 31.0 Å². The molecule has 1 saturated heterocycles. The number of carbonyl (C=O) groups is 2. The molecular weight excluding hydrogens is 294 g/mol. The average molecular weight is 312 g/mol. The maximum absolute atomic E-state index is 12.3. The Hall–Kier alpha value is -1.75.